The van der Waals surface area contributed by atoms with E-state index in [1.54, 1.807) is 19.1 Å². The van der Waals surface area contributed by atoms with Gasteiger partial charge in [0.05, 0.1) is 24.7 Å². The van der Waals surface area contributed by atoms with E-state index >= 15 is 0 Å². The molecule has 28 heavy (non-hydrogen) atoms. The van der Waals surface area contributed by atoms with Crippen LogP contribution in [-0.2, 0) is 26.3 Å². The molecule has 0 saturated heterocycles. The highest BCUT2D eigenvalue weighted by molar-refractivity contribution is 14.1. The van der Waals surface area contributed by atoms with Gasteiger partial charge in [-0.15, -0.1) is 0 Å². The van der Waals surface area contributed by atoms with Crippen LogP contribution in [-0.4, -0.2) is 12.6 Å². The Labute approximate surface area is 174 Å². The van der Waals surface area contributed by atoms with Gasteiger partial charge >= 0.3 is 5.97 Å². The first-order chi connectivity index (χ1) is 13.2. The van der Waals surface area contributed by atoms with Gasteiger partial charge in [0.25, 0.3) is 5.92 Å². The van der Waals surface area contributed by atoms with Gasteiger partial charge in [-0.1, -0.05) is 34.7 Å². The molecule has 8 heteroatoms. The minimum Gasteiger partial charge on any atom is -0.466 e. The number of nitrogens with zero attached hydrogens (tertiary/aromatic N) is 1. The molecule has 0 N–H and O–H groups in total. The number of hydrogen-bond acceptors (Lipinski definition) is 4. The van der Waals surface area contributed by atoms with Crippen LogP contribution in [0.2, 0.25) is 0 Å². The fourth-order valence-electron chi connectivity index (χ4n) is 2.45. The van der Waals surface area contributed by atoms with E-state index in [1.807, 2.05) is 22.6 Å². The van der Waals surface area contributed by atoms with Gasteiger partial charge in [0, 0.05) is 28.0 Å². The Hall–Kier alpha value is -2.28. The van der Waals surface area contributed by atoms with E-state index in [2.05, 4.69) is 0 Å². The molecule has 0 spiro atoms. The van der Waals surface area contributed by atoms with Gasteiger partial charge in [-0.2, -0.15) is 5.26 Å². The van der Waals surface area contributed by atoms with E-state index in [9.17, 15) is 18.0 Å². The van der Waals surface area contributed by atoms with Crippen LogP contribution < -0.4 is 4.74 Å². The zero-order valence-electron chi connectivity index (χ0n) is 15.2. The highest BCUT2D eigenvalue weighted by Gasteiger charge is 2.26. The zero-order chi connectivity index (χ0) is 20.9. The number of hydrogen-bond donors (Lipinski definition) is 0. The van der Waals surface area contributed by atoms with Crippen molar-refractivity contribution in [2.45, 2.75) is 30.6 Å². The molecule has 0 unspecified atom stereocenters. The Morgan fingerprint density at radius 2 is 1.93 bits per heavy atom. The van der Waals surface area contributed by atoms with E-state index in [-0.39, 0.29) is 35.7 Å². The molecule has 0 radical (unpaired) electrons. The number of rotatable bonds is 7. The van der Waals surface area contributed by atoms with Crippen molar-refractivity contribution < 1.29 is 27.4 Å². The Balaban J connectivity index is 2.48. The first-order valence-electron chi connectivity index (χ1n) is 8.32. The van der Waals surface area contributed by atoms with Gasteiger partial charge in [-0.3, -0.25) is 4.79 Å². The third kappa shape index (κ3) is 5.38. The minimum atomic E-state index is -3.19. The van der Waals surface area contributed by atoms with Gasteiger partial charge in [0.15, 0.2) is 11.6 Å². The summed E-state index contributed by atoms with van der Waals surface area (Å²) in [5.41, 5.74) is 0.103. The third-order valence-corrected chi connectivity index (χ3v) is 4.63. The van der Waals surface area contributed by atoms with Crippen molar-refractivity contribution in [1.29, 1.82) is 5.26 Å². The molecular formula is C20H17F3INO3. The fraction of sp³-hybridized carbons (Fsp3) is 0.300. The molecule has 0 saturated carbocycles. The SMILES string of the molecule is CCOC(=O)Cc1ccc(CI)c(Oc2cc(C#N)cc(C(C)(F)F)c2)c1F. The number of nitriles is 1. The number of alkyl halides is 3. The largest absolute Gasteiger partial charge is 0.466 e. The molecule has 0 heterocycles. The number of esters is 1. The first-order valence-corrected chi connectivity index (χ1v) is 9.85. The molecule has 0 aromatic heterocycles. The highest BCUT2D eigenvalue weighted by atomic mass is 127. The molecule has 0 aliphatic carbocycles. The average Bonchev–Trinajstić information content (AvgIpc) is 2.64. The van der Waals surface area contributed by atoms with Gasteiger partial charge in [-0.05, 0) is 25.1 Å². The topological polar surface area (TPSA) is 59.3 Å². The minimum absolute atomic E-state index is 0.0341. The van der Waals surface area contributed by atoms with Crippen LogP contribution in [0.15, 0.2) is 30.3 Å². The van der Waals surface area contributed by atoms with E-state index in [0.717, 1.165) is 12.1 Å². The molecule has 2 rings (SSSR count). The van der Waals surface area contributed by atoms with Crippen molar-refractivity contribution in [2.24, 2.45) is 0 Å². The molecule has 0 atom stereocenters. The monoisotopic (exact) mass is 503 g/mol. The molecule has 0 amide bonds. The Bertz CT molecular complexity index is 920. The summed E-state index contributed by atoms with van der Waals surface area (Å²) in [5, 5.41) is 9.09. The summed E-state index contributed by atoms with van der Waals surface area (Å²) in [6.07, 6.45) is -0.284. The second kappa shape index (κ2) is 9.28. The summed E-state index contributed by atoms with van der Waals surface area (Å²) in [6, 6.07) is 8.23. The van der Waals surface area contributed by atoms with E-state index < -0.39 is 23.3 Å². The molecule has 4 nitrogen and oxygen atoms in total. The van der Waals surface area contributed by atoms with Crippen LogP contribution >= 0.6 is 22.6 Å². The molecule has 2 aromatic carbocycles. The highest BCUT2D eigenvalue weighted by Crippen LogP contribution is 2.36. The van der Waals surface area contributed by atoms with Gasteiger partial charge in [0.1, 0.15) is 5.75 Å². The maximum atomic E-state index is 15.0. The van der Waals surface area contributed by atoms with Crippen molar-refractivity contribution in [3.8, 4) is 17.6 Å². The summed E-state index contributed by atoms with van der Waals surface area (Å²) in [4.78, 5) is 11.7. The van der Waals surface area contributed by atoms with Crippen molar-refractivity contribution in [3.63, 3.8) is 0 Å². The van der Waals surface area contributed by atoms with E-state index in [1.165, 1.54) is 12.1 Å². The van der Waals surface area contributed by atoms with Crippen molar-refractivity contribution in [3.05, 3.63) is 58.4 Å². The van der Waals surface area contributed by atoms with Gasteiger partial charge in [0.2, 0.25) is 0 Å². The molecule has 148 valence electrons. The van der Waals surface area contributed by atoms with Crippen LogP contribution in [0.3, 0.4) is 0 Å². The van der Waals surface area contributed by atoms with Gasteiger partial charge < -0.3 is 9.47 Å². The molecule has 2 aromatic rings. The maximum absolute atomic E-state index is 15.0. The molecular weight excluding hydrogens is 486 g/mol. The third-order valence-electron chi connectivity index (χ3n) is 3.81. The molecule has 0 aliphatic heterocycles. The second-order valence-electron chi connectivity index (χ2n) is 5.99. The lowest BCUT2D eigenvalue weighted by Gasteiger charge is -2.16. The number of carbonyl (C=O) groups excluding carboxylic acids is 1. The predicted octanol–water partition coefficient (Wildman–Crippen LogP) is 5.64. The van der Waals surface area contributed by atoms with Gasteiger partial charge in [-0.25, -0.2) is 13.2 Å². The van der Waals surface area contributed by atoms with Crippen LogP contribution in [0.4, 0.5) is 13.2 Å². The number of ether oxygens (including phenoxy) is 2. The van der Waals surface area contributed by atoms with Crippen LogP contribution in [0.1, 0.15) is 36.1 Å². The number of carbonyl (C=O) groups is 1. The summed E-state index contributed by atoms with van der Waals surface area (Å²) in [7, 11) is 0. The Kier molecular flexibility index (Phi) is 7.29. The van der Waals surface area contributed by atoms with Crippen molar-refractivity contribution in [2.75, 3.05) is 6.61 Å². The number of halogens is 4. The summed E-state index contributed by atoms with van der Waals surface area (Å²) >= 11 is 2.01. The number of benzene rings is 2. The fourth-order valence-corrected chi connectivity index (χ4v) is 3.05. The van der Waals surface area contributed by atoms with Crippen LogP contribution in [0.25, 0.3) is 0 Å². The summed E-state index contributed by atoms with van der Waals surface area (Å²) < 4.78 is 53.2. The maximum Gasteiger partial charge on any atom is 0.310 e. The molecule has 0 fully saturated rings. The predicted molar refractivity (Wildman–Crippen MR) is 105 cm³/mol. The molecule has 0 bridgehead atoms. The quantitative estimate of drug-likeness (QED) is 0.279. The Morgan fingerprint density at radius 1 is 1.25 bits per heavy atom. The van der Waals surface area contributed by atoms with Crippen LogP contribution in [0.5, 0.6) is 11.5 Å². The van der Waals surface area contributed by atoms with Crippen molar-refractivity contribution in [1.82, 2.24) is 0 Å². The zero-order valence-corrected chi connectivity index (χ0v) is 17.3. The standard InChI is InChI=1S/C20H17F3INO3/c1-3-27-17(26)8-13-4-5-14(10-24)19(18(13)21)28-16-7-12(11-25)6-15(9-16)20(2,22)23/h4-7,9H,3,8,10H2,1-2H3. The smallest absolute Gasteiger partial charge is 0.310 e. The lowest BCUT2D eigenvalue weighted by atomic mass is 10.1. The van der Waals surface area contributed by atoms with Crippen LogP contribution in [0, 0.1) is 17.1 Å². The summed E-state index contributed by atoms with van der Waals surface area (Å²) in [5.74, 6) is -4.81. The lowest BCUT2D eigenvalue weighted by molar-refractivity contribution is -0.142. The second-order valence-corrected chi connectivity index (χ2v) is 6.75. The lowest BCUT2D eigenvalue weighted by Crippen LogP contribution is -2.10. The summed E-state index contributed by atoms with van der Waals surface area (Å²) in [6.45, 7) is 2.51. The molecule has 0 aliphatic rings. The first kappa shape index (κ1) is 22.0. The normalized spacial score (nSPS) is 11.0. The van der Waals surface area contributed by atoms with E-state index in [4.69, 9.17) is 14.7 Å². The Morgan fingerprint density at radius 3 is 2.50 bits per heavy atom. The average molecular weight is 503 g/mol. The van der Waals surface area contributed by atoms with E-state index in [0.29, 0.717) is 16.9 Å². The van der Waals surface area contributed by atoms with Crippen molar-refractivity contribution >= 4 is 28.6 Å².